The number of aromatic amines is 1. The highest BCUT2D eigenvalue weighted by Gasteiger charge is 2.20. The van der Waals surface area contributed by atoms with Crippen molar-refractivity contribution in [3.63, 3.8) is 0 Å². The molecule has 1 amide bonds. The fraction of sp³-hybridized carbons (Fsp3) is 0.222. The molecule has 1 aromatic carbocycles. The summed E-state index contributed by atoms with van der Waals surface area (Å²) in [5.74, 6) is -2.29. The summed E-state index contributed by atoms with van der Waals surface area (Å²) in [4.78, 5) is 24.6. The van der Waals surface area contributed by atoms with Gasteiger partial charge < -0.3 is 16.6 Å². The maximum Gasteiger partial charge on any atom is 0.371 e. The van der Waals surface area contributed by atoms with E-state index in [1.807, 2.05) is 31.2 Å². The van der Waals surface area contributed by atoms with Crippen molar-refractivity contribution in [1.82, 2.24) is 15.2 Å². The molecule has 3 aromatic rings. The lowest BCUT2D eigenvalue weighted by atomic mass is 9.97. The van der Waals surface area contributed by atoms with Crippen LogP contribution in [-0.2, 0) is 9.59 Å². The van der Waals surface area contributed by atoms with Crippen LogP contribution >= 0.6 is 0 Å². The number of amides is 1. The first-order valence-corrected chi connectivity index (χ1v) is 8.24. The molecule has 148 valence electrons. The Labute approximate surface area is 158 Å². The van der Waals surface area contributed by atoms with E-state index in [2.05, 4.69) is 15.2 Å². The second-order valence-electron chi connectivity index (χ2n) is 5.84. The zero-order chi connectivity index (χ0) is 20.8. The van der Waals surface area contributed by atoms with Crippen molar-refractivity contribution in [3.05, 3.63) is 42.2 Å². The molecule has 1 unspecified atom stereocenters. The van der Waals surface area contributed by atoms with Gasteiger partial charge >= 0.3 is 12.4 Å². The van der Waals surface area contributed by atoms with Crippen molar-refractivity contribution in [2.24, 2.45) is 5.73 Å². The summed E-state index contributed by atoms with van der Waals surface area (Å²) in [6.45, 7) is 1.93. The Balaban J connectivity index is 0.000000409. The van der Waals surface area contributed by atoms with Crippen LogP contribution in [0, 0.1) is 0 Å². The van der Waals surface area contributed by atoms with Crippen LogP contribution in [0.15, 0.2) is 36.5 Å². The molecule has 1 atom stereocenters. The number of carbonyl (C=O) groups excluding carboxylic acids is 1. The van der Waals surface area contributed by atoms with E-state index in [9.17, 15) is 13.6 Å². The van der Waals surface area contributed by atoms with Crippen LogP contribution in [0.2, 0.25) is 0 Å². The summed E-state index contributed by atoms with van der Waals surface area (Å²) >= 11 is 0. The fourth-order valence-corrected chi connectivity index (χ4v) is 2.60. The average molecular weight is 391 g/mol. The molecule has 0 saturated heterocycles. The van der Waals surface area contributed by atoms with Crippen molar-refractivity contribution in [2.75, 3.05) is 5.73 Å². The molecule has 0 spiro atoms. The highest BCUT2D eigenvalue weighted by molar-refractivity contribution is 5.91. The highest BCUT2D eigenvalue weighted by Crippen LogP contribution is 2.29. The smallest absolute Gasteiger partial charge is 0.371 e. The Morgan fingerprint density at radius 3 is 2.36 bits per heavy atom. The molecule has 2 heterocycles. The molecular weight excluding hydrogens is 372 g/mol. The Morgan fingerprint density at radius 1 is 1.21 bits per heavy atom. The number of carboxylic acid groups (broad SMARTS) is 1. The second-order valence-corrected chi connectivity index (χ2v) is 5.84. The summed E-state index contributed by atoms with van der Waals surface area (Å²) in [6, 6.07) is 9.55. The van der Waals surface area contributed by atoms with Gasteiger partial charge in [0.1, 0.15) is 5.82 Å². The fourth-order valence-electron chi connectivity index (χ4n) is 2.60. The number of H-pyrrole nitrogens is 1. The number of nitrogens with two attached hydrogens (primary N) is 2. The number of alkyl halides is 2. The molecule has 10 heteroatoms. The molecule has 0 saturated carbocycles. The molecule has 0 aliphatic carbocycles. The number of benzene rings is 1. The van der Waals surface area contributed by atoms with E-state index in [0.29, 0.717) is 12.2 Å². The monoisotopic (exact) mass is 391 g/mol. The maximum absolute atomic E-state index is 11.5. The number of nitrogens with one attached hydrogen (secondary N) is 1. The van der Waals surface area contributed by atoms with Crippen molar-refractivity contribution >= 4 is 28.6 Å². The number of carbonyl (C=O) groups is 2. The van der Waals surface area contributed by atoms with E-state index < -0.39 is 12.4 Å². The van der Waals surface area contributed by atoms with Gasteiger partial charge in [-0.25, -0.2) is 9.78 Å². The number of primary amides is 1. The number of nitrogen functional groups attached to an aromatic ring is 1. The first kappa shape index (κ1) is 20.7. The van der Waals surface area contributed by atoms with E-state index >= 15 is 0 Å². The summed E-state index contributed by atoms with van der Waals surface area (Å²) in [6.07, 6.45) is -0.872. The summed E-state index contributed by atoms with van der Waals surface area (Å²) < 4.78 is 21.1. The first-order valence-electron chi connectivity index (χ1n) is 8.24. The molecule has 0 radical (unpaired) electrons. The van der Waals surface area contributed by atoms with Crippen LogP contribution < -0.4 is 11.5 Å². The van der Waals surface area contributed by atoms with Crippen molar-refractivity contribution in [3.8, 4) is 11.1 Å². The van der Waals surface area contributed by atoms with Crippen LogP contribution in [0.25, 0.3) is 22.0 Å². The standard InChI is InChI=1S/C16H17N5O.C2H2F2O2/c1-2-11(16(18)22)15-12-5-3-9(7-13(12)20-21-15)10-4-6-14(17)19-8-10;3-1(4)2(5)6/h3-8,11H,2H2,1H3,(H2,17,19)(H2,18,22)(H,20,21);1H,(H,5,6). The number of aliphatic carboxylic acids is 1. The molecule has 0 bridgehead atoms. The molecule has 0 aliphatic heterocycles. The maximum atomic E-state index is 11.5. The predicted octanol–water partition coefficient (Wildman–Crippen LogP) is 2.52. The minimum Gasteiger partial charge on any atom is -0.477 e. The number of fused-ring (bicyclic) bond motifs is 1. The molecule has 0 aliphatic rings. The van der Waals surface area contributed by atoms with Crippen LogP contribution in [-0.4, -0.2) is 38.6 Å². The quantitative estimate of drug-likeness (QED) is 0.525. The van der Waals surface area contributed by atoms with Gasteiger partial charge in [-0.1, -0.05) is 19.1 Å². The Hall–Kier alpha value is -3.56. The number of aromatic nitrogens is 3. The van der Waals surface area contributed by atoms with Gasteiger partial charge in [0.2, 0.25) is 5.91 Å². The third kappa shape index (κ3) is 4.78. The van der Waals surface area contributed by atoms with E-state index in [1.165, 1.54) is 0 Å². The van der Waals surface area contributed by atoms with Crippen LogP contribution in [0.5, 0.6) is 0 Å². The molecule has 3 rings (SSSR count). The van der Waals surface area contributed by atoms with E-state index in [4.69, 9.17) is 21.4 Å². The molecule has 2 aromatic heterocycles. The zero-order valence-electron chi connectivity index (χ0n) is 14.9. The van der Waals surface area contributed by atoms with E-state index in [1.54, 1.807) is 12.3 Å². The van der Waals surface area contributed by atoms with Crippen molar-refractivity contribution < 1.29 is 23.5 Å². The molecule has 0 fully saturated rings. The number of nitrogens with zero attached hydrogens (tertiary/aromatic N) is 2. The number of carboxylic acids is 1. The largest absolute Gasteiger partial charge is 0.477 e. The molecule has 8 nitrogen and oxygen atoms in total. The minimum atomic E-state index is -3.23. The van der Waals surface area contributed by atoms with Gasteiger partial charge in [-0.3, -0.25) is 9.89 Å². The minimum absolute atomic E-state index is 0.347. The van der Waals surface area contributed by atoms with Crippen LogP contribution in [0.1, 0.15) is 25.0 Å². The highest BCUT2D eigenvalue weighted by atomic mass is 19.3. The van der Waals surface area contributed by atoms with Gasteiger partial charge in [-0.2, -0.15) is 13.9 Å². The van der Waals surface area contributed by atoms with Gasteiger partial charge in [0.05, 0.1) is 17.1 Å². The number of pyridine rings is 1. The normalized spacial score (nSPS) is 11.7. The lowest BCUT2D eigenvalue weighted by molar-refractivity contribution is -0.149. The van der Waals surface area contributed by atoms with Crippen molar-refractivity contribution in [1.29, 1.82) is 0 Å². The summed E-state index contributed by atoms with van der Waals surface area (Å²) in [7, 11) is 0. The first-order chi connectivity index (χ1) is 13.2. The third-order valence-electron chi connectivity index (χ3n) is 3.99. The van der Waals surface area contributed by atoms with E-state index in [-0.39, 0.29) is 11.8 Å². The SMILES string of the molecule is CCC(C(N)=O)c1[nH]nc2cc(-c3ccc(N)nc3)ccc12.O=C(O)C(F)F. The Morgan fingerprint density at radius 2 is 1.86 bits per heavy atom. The number of anilines is 1. The lowest BCUT2D eigenvalue weighted by Crippen LogP contribution is -2.21. The van der Waals surface area contributed by atoms with Gasteiger partial charge in [0.15, 0.2) is 0 Å². The number of halogens is 2. The zero-order valence-corrected chi connectivity index (χ0v) is 14.9. The molecular formula is C18H19F2N5O3. The van der Waals surface area contributed by atoms with Crippen LogP contribution in [0.4, 0.5) is 14.6 Å². The second kappa shape index (κ2) is 8.89. The number of hydrogen-bond acceptors (Lipinski definition) is 5. The van der Waals surface area contributed by atoms with Crippen LogP contribution in [0.3, 0.4) is 0 Å². The van der Waals surface area contributed by atoms with E-state index in [0.717, 1.165) is 27.7 Å². The summed E-state index contributed by atoms with van der Waals surface area (Å²) in [5.41, 5.74) is 14.6. The Bertz CT molecular complexity index is 973. The summed E-state index contributed by atoms with van der Waals surface area (Å²) in [5, 5.41) is 15.4. The Kier molecular flexibility index (Phi) is 6.59. The topological polar surface area (TPSA) is 148 Å². The van der Waals surface area contributed by atoms with Gasteiger partial charge in [-0.15, -0.1) is 0 Å². The molecule has 28 heavy (non-hydrogen) atoms. The van der Waals surface area contributed by atoms with Gasteiger partial charge in [0.25, 0.3) is 0 Å². The number of rotatable bonds is 5. The van der Waals surface area contributed by atoms with Gasteiger partial charge in [-0.05, 0) is 30.2 Å². The lowest BCUT2D eigenvalue weighted by Gasteiger charge is -2.09. The third-order valence-corrected chi connectivity index (χ3v) is 3.99. The van der Waals surface area contributed by atoms with Gasteiger partial charge in [0, 0.05) is 17.1 Å². The predicted molar refractivity (Wildman–Crippen MR) is 99.6 cm³/mol. The number of hydrogen-bond donors (Lipinski definition) is 4. The molecule has 6 N–H and O–H groups in total. The van der Waals surface area contributed by atoms with Crippen molar-refractivity contribution in [2.45, 2.75) is 25.7 Å². The average Bonchev–Trinajstić information content (AvgIpc) is 3.06.